The van der Waals surface area contributed by atoms with Gasteiger partial charge < -0.3 is 59.8 Å². The molecule has 2 heterocycles. The van der Waals surface area contributed by atoms with Crippen molar-refractivity contribution in [1.29, 1.82) is 0 Å². The molecular weight excluding hydrogens is 760 g/mol. The van der Waals surface area contributed by atoms with Crippen molar-refractivity contribution in [2.75, 3.05) is 0 Å². The van der Waals surface area contributed by atoms with Crippen LogP contribution in [0.5, 0.6) is 0 Å². The standard InChI is InChI=1S/C42H62O16/c1-37(2)21-8-11-42(7)31(20(43)16-18-19-17-39(4,36(53)54)13-12-38(19,3)14-15-41(18,42)6)40(21,5)10-9-22(37)55-35-30(26(47)25(46)29(57-35)33(51)52)58-34-27(48)23(44)24(45)28(56-34)32(49)50/h16,19,21-31,34-35,44-48H,8-15,17H2,1-7H3,(H,49,50)(H,51,52)(H,53,54)/t19-,21-,22-,23+,24-,25-,26+,27?,28?,29?,30?,31?,34-,35+,38+,39-,40-,41+,42+/m0/s1. The maximum atomic E-state index is 14.8. The Balaban J connectivity index is 1.17. The van der Waals surface area contributed by atoms with Crippen LogP contribution in [0.2, 0.25) is 0 Å². The summed E-state index contributed by atoms with van der Waals surface area (Å²) in [6, 6.07) is 0. The predicted octanol–water partition coefficient (Wildman–Crippen LogP) is 2.25. The van der Waals surface area contributed by atoms with Crippen molar-refractivity contribution in [3.05, 3.63) is 11.6 Å². The molecule has 6 fully saturated rings. The van der Waals surface area contributed by atoms with E-state index in [2.05, 4.69) is 27.7 Å². The molecule has 2 aliphatic heterocycles. The van der Waals surface area contributed by atoms with Gasteiger partial charge >= 0.3 is 17.9 Å². The third-order valence-corrected chi connectivity index (χ3v) is 17.2. The van der Waals surface area contributed by atoms with Gasteiger partial charge in [-0.15, -0.1) is 0 Å². The van der Waals surface area contributed by atoms with Crippen LogP contribution < -0.4 is 0 Å². The topological polar surface area (TPSA) is 267 Å². The number of carbonyl (C=O) groups excluding carboxylic acids is 1. The van der Waals surface area contributed by atoms with Crippen LogP contribution in [-0.2, 0) is 38.1 Å². The average molecular weight is 823 g/mol. The molecule has 0 aromatic rings. The maximum Gasteiger partial charge on any atom is 0.335 e. The number of aliphatic hydroxyl groups excluding tert-OH is 5. The minimum absolute atomic E-state index is 0.0217. The van der Waals surface area contributed by atoms with Crippen LogP contribution in [0, 0.1) is 50.2 Å². The van der Waals surface area contributed by atoms with Gasteiger partial charge in [-0.3, -0.25) is 9.59 Å². The number of allylic oxidation sites excluding steroid dienone is 2. The van der Waals surface area contributed by atoms with E-state index in [1.165, 1.54) is 0 Å². The Morgan fingerprint density at radius 1 is 0.690 bits per heavy atom. The third-order valence-electron chi connectivity index (χ3n) is 17.2. The zero-order valence-corrected chi connectivity index (χ0v) is 34.4. The average Bonchev–Trinajstić information content (AvgIpc) is 3.13. The van der Waals surface area contributed by atoms with Crippen LogP contribution in [0.4, 0.5) is 0 Å². The first-order chi connectivity index (χ1) is 26.8. The first kappa shape index (κ1) is 43.5. The second kappa shape index (κ2) is 14.3. The Labute approximate surface area is 337 Å². The van der Waals surface area contributed by atoms with Gasteiger partial charge in [0.1, 0.15) is 36.6 Å². The van der Waals surface area contributed by atoms with Gasteiger partial charge in [0.2, 0.25) is 0 Å². The van der Waals surface area contributed by atoms with Crippen LogP contribution >= 0.6 is 0 Å². The Bertz CT molecular complexity index is 1730. The summed E-state index contributed by atoms with van der Waals surface area (Å²) in [5.74, 6) is -4.47. The van der Waals surface area contributed by atoms with Crippen molar-refractivity contribution in [2.45, 2.75) is 174 Å². The summed E-state index contributed by atoms with van der Waals surface area (Å²) in [4.78, 5) is 51.3. The molecule has 5 unspecified atom stereocenters. The summed E-state index contributed by atoms with van der Waals surface area (Å²) in [5, 5.41) is 83.0. The zero-order valence-electron chi connectivity index (χ0n) is 34.4. The van der Waals surface area contributed by atoms with Crippen molar-refractivity contribution >= 4 is 23.7 Å². The van der Waals surface area contributed by atoms with E-state index >= 15 is 0 Å². The lowest BCUT2D eigenvalue weighted by Gasteiger charge is -2.70. The lowest BCUT2D eigenvalue weighted by atomic mass is 9.33. The second-order valence-corrected chi connectivity index (χ2v) is 20.6. The highest BCUT2D eigenvalue weighted by Gasteiger charge is 2.71. The molecule has 0 aromatic heterocycles. The number of ketones is 1. The summed E-state index contributed by atoms with van der Waals surface area (Å²) >= 11 is 0. The molecule has 5 aliphatic carbocycles. The van der Waals surface area contributed by atoms with Crippen molar-refractivity contribution < 1.29 is 79.0 Å². The molecular formula is C42H62O16. The number of carboxylic acids is 3. The summed E-state index contributed by atoms with van der Waals surface area (Å²) in [5.41, 5.74) is -1.81. The molecule has 8 N–H and O–H groups in total. The fourth-order valence-corrected chi connectivity index (χ4v) is 13.4. The van der Waals surface area contributed by atoms with Crippen molar-refractivity contribution in [3.63, 3.8) is 0 Å². The first-order valence-corrected chi connectivity index (χ1v) is 20.7. The minimum Gasteiger partial charge on any atom is -0.481 e. The molecule has 16 heteroatoms. The van der Waals surface area contributed by atoms with Crippen LogP contribution in [-0.4, -0.2) is 132 Å². The minimum atomic E-state index is -2.05. The number of hydrogen-bond acceptors (Lipinski definition) is 13. The van der Waals surface area contributed by atoms with Gasteiger partial charge in [-0.05, 0) is 110 Å². The van der Waals surface area contributed by atoms with E-state index in [0.717, 1.165) is 37.7 Å². The Kier molecular flexibility index (Phi) is 10.7. The van der Waals surface area contributed by atoms with Crippen molar-refractivity contribution in [1.82, 2.24) is 0 Å². The summed E-state index contributed by atoms with van der Waals surface area (Å²) in [7, 11) is 0. The van der Waals surface area contributed by atoms with Gasteiger partial charge in [0, 0.05) is 5.92 Å². The zero-order chi connectivity index (χ0) is 42.9. The molecule has 0 amide bonds. The molecule has 19 atom stereocenters. The fourth-order valence-electron chi connectivity index (χ4n) is 13.4. The van der Waals surface area contributed by atoms with Crippen molar-refractivity contribution in [2.24, 2.45) is 50.2 Å². The van der Waals surface area contributed by atoms with Gasteiger partial charge in [-0.2, -0.15) is 0 Å². The van der Waals surface area contributed by atoms with Gasteiger partial charge in [0.15, 0.2) is 30.6 Å². The number of aliphatic carboxylic acids is 3. The van der Waals surface area contributed by atoms with Gasteiger partial charge in [-0.1, -0.05) is 47.1 Å². The second-order valence-electron chi connectivity index (χ2n) is 20.6. The number of ether oxygens (including phenoxy) is 4. The van der Waals surface area contributed by atoms with E-state index in [4.69, 9.17) is 18.9 Å². The molecule has 0 bridgehead atoms. The third kappa shape index (κ3) is 6.25. The van der Waals surface area contributed by atoms with Gasteiger partial charge in [0.25, 0.3) is 0 Å². The molecule has 0 radical (unpaired) electrons. The molecule has 16 nitrogen and oxygen atoms in total. The van der Waals surface area contributed by atoms with E-state index in [9.17, 15) is 60.0 Å². The quantitative estimate of drug-likeness (QED) is 0.171. The van der Waals surface area contributed by atoms with Crippen LogP contribution in [0.1, 0.15) is 106 Å². The first-order valence-electron chi connectivity index (χ1n) is 20.7. The molecule has 58 heavy (non-hydrogen) atoms. The number of rotatable bonds is 7. The van der Waals surface area contributed by atoms with E-state index in [-0.39, 0.29) is 34.4 Å². The molecule has 326 valence electrons. The molecule has 0 aromatic carbocycles. The largest absolute Gasteiger partial charge is 0.481 e. The number of fused-ring (bicyclic) bond motifs is 7. The molecule has 7 rings (SSSR count). The highest BCUT2D eigenvalue weighted by molar-refractivity contribution is 5.95. The molecule has 2 saturated heterocycles. The summed E-state index contributed by atoms with van der Waals surface area (Å²) < 4.78 is 23.4. The highest BCUT2D eigenvalue weighted by Crippen LogP contribution is 2.75. The maximum absolute atomic E-state index is 14.8. The molecule has 0 spiro atoms. The van der Waals surface area contributed by atoms with E-state index in [1.807, 2.05) is 26.8 Å². The Morgan fingerprint density at radius 3 is 1.88 bits per heavy atom. The molecule has 7 aliphatic rings. The van der Waals surface area contributed by atoms with Gasteiger partial charge in [-0.25, -0.2) is 9.59 Å². The smallest absolute Gasteiger partial charge is 0.335 e. The summed E-state index contributed by atoms with van der Waals surface area (Å²) in [6.07, 6.45) is -12.2. The van der Waals surface area contributed by atoms with E-state index in [1.54, 1.807) is 0 Å². The lowest BCUT2D eigenvalue weighted by Crippen LogP contribution is -2.68. The van der Waals surface area contributed by atoms with Crippen LogP contribution in [0.25, 0.3) is 0 Å². The lowest BCUT2D eigenvalue weighted by molar-refractivity contribution is -0.371. The Morgan fingerprint density at radius 2 is 1.28 bits per heavy atom. The monoisotopic (exact) mass is 822 g/mol. The van der Waals surface area contributed by atoms with E-state index < -0.39 is 107 Å². The number of hydrogen-bond donors (Lipinski definition) is 8. The van der Waals surface area contributed by atoms with Crippen LogP contribution in [0.15, 0.2) is 11.6 Å². The fraction of sp³-hybridized carbons (Fsp3) is 0.857. The SMILES string of the molecule is CC1(C)[C@@H](O[C@@H]2OC(C(=O)O)[C@@H](O)[C@@H](O)C2O[C@@H]2OC(C(=O)O)[C@@H](O)[C@@H](O)C2O)CC[C@]2(C)C3C(=O)C=C4[C@@H]5C[C@@](C)(C(=O)O)CC[C@]5(C)CC[C@@]4(C)[C@]3(C)CC[C@@H]12. The predicted molar refractivity (Wildman–Crippen MR) is 199 cm³/mol. The van der Waals surface area contributed by atoms with E-state index in [0.29, 0.717) is 25.7 Å². The number of aliphatic hydroxyl groups is 5. The van der Waals surface area contributed by atoms with Crippen LogP contribution in [0.3, 0.4) is 0 Å². The molecule has 4 saturated carbocycles. The summed E-state index contributed by atoms with van der Waals surface area (Å²) in [6.45, 7) is 14.8. The number of carbonyl (C=O) groups is 4. The van der Waals surface area contributed by atoms with Gasteiger partial charge in [0.05, 0.1) is 11.5 Å². The van der Waals surface area contributed by atoms with Crippen molar-refractivity contribution in [3.8, 4) is 0 Å². The Hall–Kier alpha value is -2.54. The number of carboxylic acid groups (broad SMARTS) is 3. The normalized spacial score (nSPS) is 52.6. The highest BCUT2D eigenvalue weighted by atomic mass is 16.8.